The molecule has 0 radical (unpaired) electrons. The van der Waals surface area contributed by atoms with E-state index in [1.165, 1.54) is 77.0 Å². The summed E-state index contributed by atoms with van der Waals surface area (Å²) in [5, 5.41) is 0. The fourth-order valence-corrected chi connectivity index (χ4v) is 2.84. The predicted molar refractivity (Wildman–Crippen MR) is 109 cm³/mol. The van der Waals surface area contributed by atoms with Crippen LogP contribution >= 0.6 is 12.6 Å². The summed E-state index contributed by atoms with van der Waals surface area (Å²) in [4.78, 5) is 11.3. The molecule has 0 aromatic heterocycles. The van der Waals surface area contributed by atoms with Crippen LogP contribution in [0.25, 0.3) is 0 Å². The highest BCUT2D eigenvalue weighted by Crippen LogP contribution is 2.10. The van der Waals surface area contributed by atoms with Crippen LogP contribution < -0.4 is 0 Å². The second-order valence-corrected chi connectivity index (χ2v) is 7.08. The first-order chi connectivity index (χ1) is 11.8. The van der Waals surface area contributed by atoms with Crippen LogP contribution in [0.5, 0.6) is 0 Å². The van der Waals surface area contributed by atoms with Crippen molar-refractivity contribution in [1.29, 1.82) is 0 Å². The first-order valence-electron chi connectivity index (χ1n) is 10.2. The Morgan fingerprint density at radius 1 is 0.792 bits per heavy atom. The highest BCUT2D eigenvalue weighted by atomic mass is 32.1. The molecule has 0 bridgehead atoms. The van der Waals surface area contributed by atoms with E-state index in [0.29, 0.717) is 18.8 Å². The molecular weight excluding hydrogens is 316 g/mol. The van der Waals surface area contributed by atoms with E-state index in [1.54, 1.807) is 0 Å². The molecule has 3 heteroatoms. The van der Waals surface area contributed by atoms with Crippen molar-refractivity contribution in [2.24, 2.45) is 0 Å². The molecule has 0 rings (SSSR count). The van der Waals surface area contributed by atoms with Crippen LogP contribution in [0.2, 0.25) is 0 Å². The van der Waals surface area contributed by atoms with Crippen LogP contribution in [0.15, 0.2) is 12.2 Å². The lowest BCUT2D eigenvalue weighted by molar-refractivity contribution is -0.143. The SMILES string of the molecule is CCCCCCCC/C=C/CCCCCCCCC(=O)OCCS. The molecule has 0 N–H and O–H groups in total. The van der Waals surface area contributed by atoms with Crippen LogP contribution in [0.1, 0.15) is 103 Å². The smallest absolute Gasteiger partial charge is 0.305 e. The molecule has 142 valence electrons. The van der Waals surface area contributed by atoms with Gasteiger partial charge >= 0.3 is 5.97 Å². The van der Waals surface area contributed by atoms with E-state index in [0.717, 1.165) is 12.8 Å². The molecule has 2 nitrogen and oxygen atoms in total. The molecule has 0 atom stereocenters. The van der Waals surface area contributed by atoms with Crippen molar-refractivity contribution in [2.45, 2.75) is 103 Å². The van der Waals surface area contributed by atoms with Gasteiger partial charge in [0.05, 0.1) is 0 Å². The van der Waals surface area contributed by atoms with Gasteiger partial charge in [0.15, 0.2) is 0 Å². The van der Waals surface area contributed by atoms with E-state index in [4.69, 9.17) is 4.74 Å². The molecule has 0 unspecified atom stereocenters. The minimum atomic E-state index is -0.0699. The topological polar surface area (TPSA) is 26.3 Å². The van der Waals surface area contributed by atoms with E-state index < -0.39 is 0 Å². The standard InChI is InChI=1S/C21H40O2S/c1-2-3-4-5-6-7-8-9-10-11-12-13-14-15-16-17-18-21(22)23-19-20-24/h9-10,24H,2-8,11-20H2,1H3/b10-9+. The summed E-state index contributed by atoms with van der Waals surface area (Å²) in [5.41, 5.74) is 0. The Hall–Kier alpha value is -0.440. The van der Waals surface area contributed by atoms with Gasteiger partial charge in [0.25, 0.3) is 0 Å². The first kappa shape index (κ1) is 23.6. The van der Waals surface area contributed by atoms with Gasteiger partial charge in [0.2, 0.25) is 0 Å². The summed E-state index contributed by atoms with van der Waals surface area (Å²) in [7, 11) is 0. The molecule has 0 aliphatic carbocycles. The van der Waals surface area contributed by atoms with Crippen molar-refractivity contribution in [3.63, 3.8) is 0 Å². The summed E-state index contributed by atoms with van der Waals surface area (Å²) in [6.07, 6.45) is 23.3. The van der Waals surface area contributed by atoms with Crippen molar-refractivity contribution in [3.05, 3.63) is 12.2 Å². The zero-order chi connectivity index (χ0) is 17.7. The number of esters is 1. The van der Waals surface area contributed by atoms with E-state index >= 15 is 0 Å². The van der Waals surface area contributed by atoms with E-state index in [9.17, 15) is 4.79 Å². The Labute approximate surface area is 156 Å². The van der Waals surface area contributed by atoms with Crippen molar-refractivity contribution in [1.82, 2.24) is 0 Å². The van der Waals surface area contributed by atoms with E-state index in [-0.39, 0.29) is 5.97 Å². The number of carbonyl (C=O) groups excluding carboxylic acids is 1. The highest BCUT2D eigenvalue weighted by molar-refractivity contribution is 7.80. The predicted octanol–water partition coefficient (Wildman–Crippen LogP) is 6.89. The van der Waals surface area contributed by atoms with Crippen molar-refractivity contribution < 1.29 is 9.53 Å². The Morgan fingerprint density at radius 2 is 1.29 bits per heavy atom. The number of hydrogen-bond donors (Lipinski definition) is 1. The molecular formula is C21H40O2S. The Morgan fingerprint density at radius 3 is 1.83 bits per heavy atom. The van der Waals surface area contributed by atoms with E-state index in [1.807, 2.05) is 0 Å². The molecule has 0 heterocycles. The number of allylic oxidation sites excluding steroid dienone is 2. The Kier molecular flexibility index (Phi) is 20.2. The second-order valence-electron chi connectivity index (χ2n) is 6.63. The maximum absolute atomic E-state index is 11.3. The molecule has 0 aliphatic heterocycles. The zero-order valence-corrected chi connectivity index (χ0v) is 16.8. The molecule has 24 heavy (non-hydrogen) atoms. The average Bonchev–Trinajstić information content (AvgIpc) is 2.59. The summed E-state index contributed by atoms with van der Waals surface area (Å²) in [6.45, 7) is 2.71. The third kappa shape index (κ3) is 19.6. The van der Waals surface area contributed by atoms with Crippen molar-refractivity contribution in [2.75, 3.05) is 12.4 Å². The number of thiol groups is 1. The number of unbranched alkanes of at least 4 members (excludes halogenated alkanes) is 12. The average molecular weight is 357 g/mol. The number of hydrogen-bond acceptors (Lipinski definition) is 3. The third-order valence-corrected chi connectivity index (χ3v) is 4.43. The van der Waals surface area contributed by atoms with Crippen LogP contribution in [0.4, 0.5) is 0 Å². The van der Waals surface area contributed by atoms with Gasteiger partial charge in [0, 0.05) is 12.2 Å². The van der Waals surface area contributed by atoms with Crippen molar-refractivity contribution >= 4 is 18.6 Å². The molecule has 0 aromatic carbocycles. The van der Waals surface area contributed by atoms with Crippen LogP contribution in [0, 0.1) is 0 Å². The van der Waals surface area contributed by atoms with Gasteiger partial charge in [0.1, 0.15) is 6.61 Å². The molecule has 0 aromatic rings. The lowest BCUT2D eigenvalue weighted by atomic mass is 10.1. The fraction of sp³-hybridized carbons (Fsp3) is 0.857. The van der Waals surface area contributed by atoms with Crippen LogP contribution in [-0.4, -0.2) is 18.3 Å². The monoisotopic (exact) mass is 356 g/mol. The molecule has 0 saturated heterocycles. The lowest BCUT2D eigenvalue weighted by Crippen LogP contribution is -2.06. The normalized spacial score (nSPS) is 11.2. The summed E-state index contributed by atoms with van der Waals surface area (Å²) < 4.78 is 4.99. The summed E-state index contributed by atoms with van der Waals surface area (Å²) >= 11 is 4.02. The van der Waals surface area contributed by atoms with Crippen LogP contribution in [0.3, 0.4) is 0 Å². The second kappa shape index (κ2) is 20.6. The number of rotatable bonds is 18. The molecule has 0 amide bonds. The summed E-state index contributed by atoms with van der Waals surface area (Å²) in [6, 6.07) is 0. The molecule has 0 aliphatic rings. The Bertz CT molecular complexity index is 290. The lowest BCUT2D eigenvalue weighted by Gasteiger charge is -2.03. The summed E-state index contributed by atoms with van der Waals surface area (Å²) in [5.74, 6) is 0.540. The van der Waals surface area contributed by atoms with Gasteiger partial charge in [-0.15, -0.1) is 0 Å². The van der Waals surface area contributed by atoms with Gasteiger partial charge in [-0.2, -0.15) is 12.6 Å². The van der Waals surface area contributed by atoms with Gasteiger partial charge in [-0.25, -0.2) is 0 Å². The maximum Gasteiger partial charge on any atom is 0.305 e. The molecule has 0 fully saturated rings. The van der Waals surface area contributed by atoms with Gasteiger partial charge in [-0.05, 0) is 32.1 Å². The van der Waals surface area contributed by atoms with E-state index in [2.05, 4.69) is 31.7 Å². The minimum absolute atomic E-state index is 0.0699. The first-order valence-corrected chi connectivity index (χ1v) is 10.9. The van der Waals surface area contributed by atoms with Gasteiger partial charge < -0.3 is 4.74 Å². The maximum atomic E-state index is 11.3. The molecule has 0 saturated carbocycles. The zero-order valence-electron chi connectivity index (χ0n) is 15.9. The fourth-order valence-electron chi connectivity index (χ4n) is 2.75. The Balaban J connectivity index is 3.14. The van der Waals surface area contributed by atoms with Crippen molar-refractivity contribution in [3.8, 4) is 0 Å². The van der Waals surface area contributed by atoms with Crippen LogP contribution in [-0.2, 0) is 9.53 Å². The van der Waals surface area contributed by atoms with Gasteiger partial charge in [-0.3, -0.25) is 4.79 Å². The number of carbonyl (C=O) groups is 1. The quantitative estimate of drug-likeness (QED) is 0.125. The molecule has 0 spiro atoms. The highest BCUT2D eigenvalue weighted by Gasteiger charge is 2.01. The third-order valence-electron chi connectivity index (χ3n) is 4.25. The number of ether oxygens (including phenoxy) is 1. The minimum Gasteiger partial charge on any atom is -0.465 e. The van der Waals surface area contributed by atoms with Gasteiger partial charge in [-0.1, -0.05) is 76.9 Å². The largest absolute Gasteiger partial charge is 0.465 e.